The number of nitrogens with zero attached hydrogens (tertiary/aromatic N) is 3. The Morgan fingerprint density at radius 3 is 2.33 bits per heavy atom. The molecule has 0 N–H and O–H groups in total. The van der Waals surface area contributed by atoms with Crippen LogP contribution in [0.3, 0.4) is 0 Å². The van der Waals surface area contributed by atoms with E-state index in [2.05, 4.69) is 28.2 Å². The van der Waals surface area contributed by atoms with Gasteiger partial charge in [0, 0.05) is 19.5 Å². The molecule has 1 heterocycles. The first-order valence-corrected chi connectivity index (χ1v) is 6.06. The van der Waals surface area contributed by atoms with Crippen LogP contribution in [0.5, 0.6) is 0 Å². The van der Waals surface area contributed by atoms with Crippen molar-refractivity contribution in [3.05, 3.63) is 41.7 Å². The maximum Gasteiger partial charge on any atom is 0.224 e. The molecule has 0 aliphatic heterocycles. The Balaban J connectivity index is 2.45. The molecule has 0 bridgehead atoms. The predicted molar refractivity (Wildman–Crippen MR) is 76.4 cm³/mol. The number of fused-ring (bicyclic) bond motifs is 2. The van der Waals surface area contributed by atoms with Crippen LogP contribution < -0.4 is 4.90 Å². The van der Waals surface area contributed by atoms with Crippen molar-refractivity contribution < 1.29 is 0 Å². The fraction of sp³-hybridized carbons (Fsp3) is 0.143. The largest absolute Gasteiger partial charge is 0.362 e. The van der Waals surface area contributed by atoms with Gasteiger partial charge in [0.25, 0.3) is 0 Å². The van der Waals surface area contributed by atoms with Gasteiger partial charge in [-0.2, -0.15) is 4.98 Å². The molecule has 0 radical (unpaired) electrons. The number of aromatic nitrogens is 2. The topological polar surface area (TPSA) is 29.0 Å². The van der Waals surface area contributed by atoms with Crippen molar-refractivity contribution in [3.8, 4) is 0 Å². The van der Waals surface area contributed by atoms with Crippen LogP contribution in [-0.4, -0.2) is 24.1 Å². The summed E-state index contributed by atoms with van der Waals surface area (Å²) >= 11 is 5.97. The number of hydrogen-bond donors (Lipinski definition) is 0. The van der Waals surface area contributed by atoms with Gasteiger partial charge in [0.15, 0.2) is 0 Å². The third kappa shape index (κ3) is 1.77. The quantitative estimate of drug-likeness (QED) is 0.494. The van der Waals surface area contributed by atoms with Gasteiger partial charge in [-0.25, -0.2) is 4.98 Å². The summed E-state index contributed by atoms with van der Waals surface area (Å²) < 4.78 is 0. The van der Waals surface area contributed by atoms with E-state index in [1.54, 1.807) is 0 Å². The van der Waals surface area contributed by atoms with E-state index in [0.717, 1.165) is 22.1 Å². The van der Waals surface area contributed by atoms with Crippen LogP contribution in [-0.2, 0) is 0 Å². The third-order valence-corrected chi connectivity index (χ3v) is 3.11. The van der Waals surface area contributed by atoms with E-state index in [1.807, 2.05) is 37.2 Å². The molecule has 3 rings (SSSR count). The highest BCUT2D eigenvalue weighted by Gasteiger charge is 2.09. The number of benzene rings is 2. The summed E-state index contributed by atoms with van der Waals surface area (Å²) in [7, 11) is 3.90. The zero-order valence-electron chi connectivity index (χ0n) is 10.2. The fourth-order valence-electron chi connectivity index (χ4n) is 2.11. The van der Waals surface area contributed by atoms with Crippen molar-refractivity contribution >= 4 is 39.1 Å². The summed E-state index contributed by atoms with van der Waals surface area (Å²) in [4.78, 5) is 10.5. The van der Waals surface area contributed by atoms with E-state index < -0.39 is 0 Å². The molecule has 0 unspecified atom stereocenters. The van der Waals surface area contributed by atoms with Gasteiger partial charge in [0.2, 0.25) is 5.28 Å². The van der Waals surface area contributed by atoms with Gasteiger partial charge in [-0.15, -0.1) is 0 Å². The molecular weight excluding hydrogens is 246 g/mol. The van der Waals surface area contributed by atoms with Crippen LogP contribution in [0.25, 0.3) is 21.7 Å². The third-order valence-electron chi connectivity index (χ3n) is 2.94. The number of hydrogen-bond acceptors (Lipinski definition) is 3. The van der Waals surface area contributed by atoms with E-state index >= 15 is 0 Å². The minimum absolute atomic E-state index is 0.279. The molecule has 2 aromatic carbocycles. The minimum atomic E-state index is 0.279. The van der Waals surface area contributed by atoms with E-state index in [0.29, 0.717) is 0 Å². The van der Waals surface area contributed by atoms with Gasteiger partial charge in [0.05, 0.1) is 5.52 Å². The lowest BCUT2D eigenvalue weighted by atomic mass is 10.1. The van der Waals surface area contributed by atoms with Crippen LogP contribution in [0.2, 0.25) is 5.28 Å². The second-order valence-corrected chi connectivity index (χ2v) is 4.77. The molecule has 3 aromatic rings. The number of rotatable bonds is 1. The monoisotopic (exact) mass is 257 g/mol. The Morgan fingerprint density at radius 2 is 1.67 bits per heavy atom. The summed E-state index contributed by atoms with van der Waals surface area (Å²) in [5, 5.41) is 3.63. The Bertz CT molecular complexity index is 738. The van der Waals surface area contributed by atoms with E-state index in [1.165, 1.54) is 5.39 Å². The molecule has 0 aliphatic carbocycles. The molecule has 0 aliphatic rings. The summed E-state index contributed by atoms with van der Waals surface area (Å²) in [6.07, 6.45) is 0. The summed E-state index contributed by atoms with van der Waals surface area (Å²) in [5.74, 6) is 0.843. The van der Waals surface area contributed by atoms with E-state index in [4.69, 9.17) is 11.6 Å². The molecule has 0 spiro atoms. The molecular formula is C14H12ClN3. The lowest BCUT2D eigenvalue weighted by Gasteiger charge is -2.14. The van der Waals surface area contributed by atoms with Crippen LogP contribution >= 0.6 is 11.6 Å². The lowest BCUT2D eigenvalue weighted by molar-refractivity contribution is 1.06. The zero-order valence-corrected chi connectivity index (χ0v) is 10.9. The van der Waals surface area contributed by atoms with Crippen molar-refractivity contribution in [2.24, 2.45) is 0 Å². The summed E-state index contributed by atoms with van der Waals surface area (Å²) in [6, 6.07) is 12.4. The van der Waals surface area contributed by atoms with E-state index in [9.17, 15) is 0 Å². The average molecular weight is 258 g/mol. The molecule has 0 saturated carbocycles. The number of anilines is 1. The Kier molecular flexibility index (Phi) is 2.56. The normalized spacial score (nSPS) is 11.1. The molecule has 0 saturated heterocycles. The highest BCUT2D eigenvalue weighted by molar-refractivity contribution is 6.29. The summed E-state index contributed by atoms with van der Waals surface area (Å²) in [6.45, 7) is 0. The molecule has 3 nitrogen and oxygen atoms in total. The van der Waals surface area contributed by atoms with Crippen molar-refractivity contribution in [1.82, 2.24) is 9.97 Å². The second kappa shape index (κ2) is 4.10. The van der Waals surface area contributed by atoms with Crippen molar-refractivity contribution in [1.29, 1.82) is 0 Å². The molecule has 4 heteroatoms. The fourth-order valence-corrected chi connectivity index (χ4v) is 2.28. The molecule has 0 amide bonds. The van der Waals surface area contributed by atoms with Gasteiger partial charge in [-0.1, -0.05) is 24.3 Å². The van der Waals surface area contributed by atoms with Crippen molar-refractivity contribution in [2.75, 3.05) is 19.0 Å². The maximum atomic E-state index is 5.97. The molecule has 0 atom stereocenters. The van der Waals surface area contributed by atoms with Gasteiger partial charge in [-0.05, 0) is 34.5 Å². The second-order valence-electron chi connectivity index (χ2n) is 4.43. The number of halogens is 1. The standard InChI is InChI=1S/C14H12ClN3/c1-18(2)13-11-7-9-5-3-4-6-10(9)8-12(11)16-14(15)17-13/h3-8H,1-2H3. The molecule has 0 fully saturated rings. The molecule has 90 valence electrons. The minimum Gasteiger partial charge on any atom is -0.362 e. The van der Waals surface area contributed by atoms with Crippen LogP contribution in [0.15, 0.2) is 36.4 Å². The smallest absolute Gasteiger partial charge is 0.224 e. The first-order valence-electron chi connectivity index (χ1n) is 5.68. The predicted octanol–water partition coefficient (Wildman–Crippen LogP) is 3.50. The van der Waals surface area contributed by atoms with Crippen LogP contribution in [0, 0.1) is 0 Å². The summed E-state index contributed by atoms with van der Waals surface area (Å²) in [5.41, 5.74) is 0.873. The zero-order chi connectivity index (χ0) is 12.7. The first kappa shape index (κ1) is 11.2. The Labute approximate surface area is 110 Å². The highest BCUT2D eigenvalue weighted by atomic mass is 35.5. The molecule has 1 aromatic heterocycles. The van der Waals surface area contributed by atoms with Crippen molar-refractivity contribution in [3.63, 3.8) is 0 Å². The lowest BCUT2D eigenvalue weighted by Crippen LogP contribution is -2.11. The first-order chi connectivity index (χ1) is 8.65. The van der Waals surface area contributed by atoms with Gasteiger partial charge >= 0.3 is 0 Å². The SMILES string of the molecule is CN(C)c1nc(Cl)nc2cc3ccccc3cc12. The van der Waals surface area contributed by atoms with Crippen LogP contribution in [0.4, 0.5) is 5.82 Å². The van der Waals surface area contributed by atoms with Crippen molar-refractivity contribution in [2.45, 2.75) is 0 Å². The van der Waals surface area contributed by atoms with Crippen LogP contribution in [0.1, 0.15) is 0 Å². The average Bonchev–Trinajstić information content (AvgIpc) is 2.35. The van der Waals surface area contributed by atoms with Gasteiger partial charge in [-0.3, -0.25) is 0 Å². The molecule has 18 heavy (non-hydrogen) atoms. The van der Waals surface area contributed by atoms with Gasteiger partial charge in [0.1, 0.15) is 5.82 Å². The maximum absolute atomic E-state index is 5.97. The Hall–Kier alpha value is -1.87. The van der Waals surface area contributed by atoms with E-state index in [-0.39, 0.29) is 5.28 Å². The highest BCUT2D eigenvalue weighted by Crippen LogP contribution is 2.28. The Morgan fingerprint density at radius 1 is 1.00 bits per heavy atom. The van der Waals surface area contributed by atoms with Gasteiger partial charge < -0.3 is 4.90 Å².